The molecule has 0 aliphatic carbocycles. The van der Waals surface area contributed by atoms with Crippen LogP contribution in [-0.2, 0) is 4.74 Å². The number of nitrogens with one attached hydrogen (secondary N) is 1. The second kappa shape index (κ2) is 6.14. The molecular formula is C12H20N4O3. The van der Waals surface area contributed by atoms with Crippen LogP contribution in [0.2, 0.25) is 0 Å². The van der Waals surface area contributed by atoms with Gasteiger partial charge in [0, 0.05) is 6.61 Å². The summed E-state index contributed by atoms with van der Waals surface area (Å²) in [5, 5.41) is 0. The standard InChI is InChI=1S/C12H20N4O3/c1-7-4-5-19-11(7)9(16-13)10-12(18-3)15-8(17-2)6-14-10/h6-7,9,11,16H,4-5,13H2,1-3H3. The van der Waals surface area contributed by atoms with Crippen molar-refractivity contribution in [2.24, 2.45) is 11.8 Å². The Labute approximate surface area is 112 Å². The maximum Gasteiger partial charge on any atom is 0.240 e. The Morgan fingerprint density at radius 2 is 2.26 bits per heavy atom. The van der Waals surface area contributed by atoms with Gasteiger partial charge in [0.05, 0.1) is 32.6 Å². The lowest BCUT2D eigenvalue weighted by Crippen LogP contribution is -2.39. The third-order valence-electron chi connectivity index (χ3n) is 3.39. The molecule has 106 valence electrons. The van der Waals surface area contributed by atoms with Gasteiger partial charge in [0.2, 0.25) is 11.8 Å². The molecule has 0 saturated carbocycles. The number of hydrogen-bond donors (Lipinski definition) is 2. The Balaban J connectivity index is 2.31. The van der Waals surface area contributed by atoms with Gasteiger partial charge in [-0.2, -0.15) is 4.98 Å². The molecule has 1 aromatic rings. The zero-order valence-corrected chi connectivity index (χ0v) is 11.4. The van der Waals surface area contributed by atoms with E-state index in [0.29, 0.717) is 23.4 Å². The fourth-order valence-corrected chi connectivity index (χ4v) is 2.30. The molecule has 1 fully saturated rings. The number of methoxy groups -OCH3 is 2. The van der Waals surface area contributed by atoms with Gasteiger partial charge in [-0.1, -0.05) is 6.92 Å². The van der Waals surface area contributed by atoms with Crippen LogP contribution in [0.15, 0.2) is 6.20 Å². The molecule has 0 aromatic carbocycles. The van der Waals surface area contributed by atoms with Crippen molar-refractivity contribution >= 4 is 0 Å². The molecular weight excluding hydrogens is 248 g/mol. The summed E-state index contributed by atoms with van der Waals surface area (Å²) < 4.78 is 16.0. The van der Waals surface area contributed by atoms with Crippen molar-refractivity contribution in [2.45, 2.75) is 25.5 Å². The quantitative estimate of drug-likeness (QED) is 0.590. The third-order valence-corrected chi connectivity index (χ3v) is 3.39. The van der Waals surface area contributed by atoms with Crippen LogP contribution in [0.3, 0.4) is 0 Å². The molecule has 19 heavy (non-hydrogen) atoms. The first-order valence-corrected chi connectivity index (χ1v) is 6.24. The average molecular weight is 268 g/mol. The van der Waals surface area contributed by atoms with Gasteiger partial charge in [-0.3, -0.25) is 5.84 Å². The van der Waals surface area contributed by atoms with E-state index < -0.39 is 0 Å². The fraction of sp³-hybridized carbons (Fsp3) is 0.667. The number of aromatic nitrogens is 2. The number of hydrazine groups is 1. The molecule has 0 radical (unpaired) electrons. The van der Waals surface area contributed by atoms with Gasteiger partial charge in [-0.05, 0) is 12.3 Å². The molecule has 1 aliphatic heterocycles. The smallest absolute Gasteiger partial charge is 0.240 e. The molecule has 2 heterocycles. The summed E-state index contributed by atoms with van der Waals surface area (Å²) in [6.07, 6.45) is 2.51. The summed E-state index contributed by atoms with van der Waals surface area (Å²) in [5.41, 5.74) is 3.38. The summed E-state index contributed by atoms with van der Waals surface area (Å²) in [6, 6.07) is -0.258. The predicted octanol–water partition coefficient (Wildman–Crippen LogP) is 0.423. The van der Waals surface area contributed by atoms with Crippen molar-refractivity contribution in [3.8, 4) is 11.8 Å². The topological polar surface area (TPSA) is 91.5 Å². The van der Waals surface area contributed by atoms with Crippen LogP contribution < -0.4 is 20.7 Å². The summed E-state index contributed by atoms with van der Waals surface area (Å²) in [7, 11) is 3.07. The summed E-state index contributed by atoms with van der Waals surface area (Å²) in [5.74, 6) is 6.85. The van der Waals surface area contributed by atoms with Gasteiger partial charge < -0.3 is 14.2 Å². The van der Waals surface area contributed by atoms with Gasteiger partial charge in [-0.25, -0.2) is 10.4 Å². The lowest BCUT2D eigenvalue weighted by Gasteiger charge is -2.25. The first-order chi connectivity index (χ1) is 9.21. The molecule has 0 bridgehead atoms. The van der Waals surface area contributed by atoms with E-state index in [9.17, 15) is 0 Å². The second-order valence-electron chi connectivity index (χ2n) is 4.55. The highest BCUT2D eigenvalue weighted by molar-refractivity contribution is 5.26. The zero-order valence-electron chi connectivity index (χ0n) is 11.4. The molecule has 3 N–H and O–H groups in total. The number of nitrogens with two attached hydrogens (primary N) is 1. The van der Waals surface area contributed by atoms with Crippen LogP contribution in [0.4, 0.5) is 0 Å². The number of ether oxygens (including phenoxy) is 3. The van der Waals surface area contributed by atoms with Gasteiger partial charge in [0.25, 0.3) is 0 Å². The minimum atomic E-state index is -0.258. The predicted molar refractivity (Wildman–Crippen MR) is 68.7 cm³/mol. The van der Waals surface area contributed by atoms with E-state index in [1.54, 1.807) is 13.3 Å². The van der Waals surface area contributed by atoms with Crippen LogP contribution in [0, 0.1) is 5.92 Å². The molecule has 1 saturated heterocycles. The highest BCUT2D eigenvalue weighted by Gasteiger charge is 2.35. The Hall–Kier alpha value is -1.44. The second-order valence-corrected chi connectivity index (χ2v) is 4.55. The molecule has 3 atom stereocenters. The normalized spacial score (nSPS) is 24.2. The average Bonchev–Trinajstić information content (AvgIpc) is 2.86. The summed E-state index contributed by atoms with van der Waals surface area (Å²) >= 11 is 0. The van der Waals surface area contributed by atoms with Crippen molar-refractivity contribution in [1.29, 1.82) is 0 Å². The highest BCUT2D eigenvalue weighted by Crippen LogP contribution is 2.33. The van der Waals surface area contributed by atoms with E-state index in [2.05, 4.69) is 22.3 Å². The van der Waals surface area contributed by atoms with Crippen LogP contribution in [0.5, 0.6) is 11.8 Å². The molecule has 1 aromatic heterocycles. The fourth-order valence-electron chi connectivity index (χ4n) is 2.30. The Morgan fingerprint density at radius 3 is 2.79 bits per heavy atom. The van der Waals surface area contributed by atoms with Gasteiger partial charge in [0.1, 0.15) is 5.69 Å². The largest absolute Gasteiger partial charge is 0.480 e. The maximum atomic E-state index is 5.73. The van der Waals surface area contributed by atoms with E-state index >= 15 is 0 Å². The van der Waals surface area contributed by atoms with E-state index in [0.717, 1.165) is 13.0 Å². The number of rotatable bonds is 5. The third kappa shape index (κ3) is 2.78. The van der Waals surface area contributed by atoms with Crippen molar-refractivity contribution in [2.75, 3.05) is 20.8 Å². The van der Waals surface area contributed by atoms with Gasteiger partial charge in [0.15, 0.2) is 0 Å². The maximum absolute atomic E-state index is 5.73. The first-order valence-electron chi connectivity index (χ1n) is 6.24. The molecule has 0 amide bonds. The Morgan fingerprint density at radius 1 is 1.47 bits per heavy atom. The lowest BCUT2D eigenvalue weighted by atomic mass is 9.96. The van der Waals surface area contributed by atoms with Gasteiger partial charge >= 0.3 is 0 Å². The molecule has 2 rings (SSSR count). The Bertz CT molecular complexity index is 429. The van der Waals surface area contributed by atoms with E-state index in [1.165, 1.54) is 7.11 Å². The molecule has 0 spiro atoms. The minimum absolute atomic E-state index is 0.0402. The Kier molecular flexibility index (Phi) is 4.52. The summed E-state index contributed by atoms with van der Waals surface area (Å²) in [4.78, 5) is 8.55. The first kappa shape index (κ1) is 14.0. The van der Waals surface area contributed by atoms with Crippen molar-refractivity contribution in [3.63, 3.8) is 0 Å². The van der Waals surface area contributed by atoms with Crippen molar-refractivity contribution < 1.29 is 14.2 Å². The minimum Gasteiger partial charge on any atom is -0.480 e. The monoisotopic (exact) mass is 268 g/mol. The van der Waals surface area contributed by atoms with Crippen LogP contribution in [0.25, 0.3) is 0 Å². The lowest BCUT2D eigenvalue weighted by molar-refractivity contribution is 0.0583. The zero-order chi connectivity index (χ0) is 13.8. The summed E-state index contributed by atoms with van der Waals surface area (Å²) in [6.45, 7) is 2.86. The van der Waals surface area contributed by atoms with E-state index in [4.69, 9.17) is 20.1 Å². The molecule has 7 heteroatoms. The van der Waals surface area contributed by atoms with Gasteiger partial charge in [-0.15, -0.1) is 0 Å². The van der Waals surface area contributed by atoms with Crippen molar-refractivity contribution in [1.82, 2.24) is 15.4 Å². The van der Waals surface area contributed by atoms with Crippen LogP contribution in [0.1, 0.15) is 25.1 Å². The highest BCUT2D eigenvalue weighted by atomic mass is 16.5. The van der Waals surface area contributed by atoms with Crippen LogP contribution >= 0.6 is 0 Å². The molecule has 7 nitrogen and oxygen atoms in total. The molecule has 1 aliphatic rings. The number of nitrogens with zero attached hydrogens (tertiary/aromatic N) is 2. The SMILES string of the molecule is COc1cnc(C(NN)C2OCCC2C)c(OC)n1. The molecule has 3 unspecified atom stereocenters. The van der Waals surface area contributed by atoms with Crippen LogP contribution in [-0.4, -0.2) is 36.9 Å². The van der Waals surface area contributed by atoms with E-state index in [-0.39, 0.29) is 12.1 Å². The van der Waals surface area contributed by atoms with Crippen molar-refractivity contribution in [3.05, 3.63) is 11.9 Å². The number of hydrogen-bond acceptors (Lipinski definition) is 7. The van der Waals surface area contributed by atoms with E-state index in [1.807, 2.05) is 0 Å².